The predicted molar refractivity (Wildman–Crippen MR) is 95.7 cm³/mol. The highest BCUT2D eigenvalue weighted by atomic mass is 19.4. The molecule has 1 aliphatic rings. The number of hydrogen-bond donors (Lipinski definition) is 1. The molecule has 1 N–H and O–H groups in total. The molecule has 29 heavy (non-hydrogen) atoms. The predicted octanol–water partition coefficient (Wildman–Crippen LogP) is 4.23. The number of benzene rings is 1. The van der Waals surface area contributed by atoms with E-state index in [1.54, 1.807) is 19.1 Å². The highest BCUT2D eigenvalue weighted by Gasteiger charge is 2.31. The average molecular weight is 413 g/mol. The number of aromatic amines is 1. The Bertz CT molecular complexity index is 800. The summed E-state index contributed by atoms with van der Waals surface area (Å²) >= 11 is 0. The van der Waals surface area contributed by atoms with Gasteiger partial charge in [0.25, 0.3) is 5.88 Å². The summed E-state index contributed by atoms with van der Waals surface area (Å²) in [5.41, 5.74) is 1.10. The van der Waals surface area contributed by atoms with Gasteiger partial charge in [-0.2, -0.15) is 0 Å². The number of rotatable bonds is 7. The van der Waals surface area contributed by atoms with Crippen LogP contribution in [0.2, 0.25) is 0 Å². The number of halogens is 3. The summed E-state index contributed by atoms with van der Waals surface area (Å²) in [4.78, 5) is 11.8. The van der Waals surface area contributed by atoms with Gasteiger partial charge in [-0.3, -0.25) is 0 Å². The van der Waals surface area contributed by atoms with E-state index in [1.165, 1.54) is 12.1 Å². The summed E-state index contributed by atoms with van der Waals surface area (Å²) in [6.07, 6.45) is -1.08. The molecule has 0 amide bonds. The largest absolute Gasteiger partial charge is 0.573 e. The Kier molecular flexibility index (Phi) is 6.60. The molecule has 0 saturated heterocycles. The van der Waals surface area contributed by atoms with Crippen LogP contribution in [-0.4, -0.2) is 41.0 Å². The second kappa shape index (κ2) is 9.15. The van der Waals surface area contributed by atoms with Crippen molar-refractivity contribution < 1.29 is 32.2 Å². The van der Waals surface area contributed by atoms with Gasteiger partial charge in [0.05, 0.1) is 13.2 Å². The fourth-order valence-electron chi connectivity index (χ4n) is 3.46. The number of nitrogens with zero attached hydrogens (tertiary/aromatic N) is 2. The summed E-state index contributed by atoms with van der Waals surface area (Å²) in [5.74, 6) is -0.0625. The van der Waals surface area contributed by atoms with Crippen molar-refractivity contribution in [3.8, 4) is 11.6 Å². The Balaban J connectivity index is 1.48. The van der Waals surface area contributed by atoms with Crippen molar-refractivity contribution >= 4 is 5.97 Å². The normalized spacial score (nSPS) is 19.6. The molecule has 7 nitrogen and oxygen atoms in total. The van der Waals surface area contributed by atoms with E-state index < -0.39 is 12.3 Å². The van der Waals surface area contributed by atoms with E-state index in [2.05, 4.69) is 20.1 Å². The molecule has 10 heteroatoms. The molecule has 1 saturated carbocycles. The van der Waals surface area contributed by atoms with Crippen LogP contribution in [0.15, 0.2) is 24.3 Å². The van der Waals surface area contributed by atoms with Crippen molar-refractivity contribution in [1.82, 2.24) is 15.4 Å². The monoisotopic (exact) mass is 413 g/mol. The van der Waals surface area contributed by atoms with Crippen LogP contribution in [0.4, 0.5) is 13.2 Å². The zero-order valence-corrected chi connectivity index (χ0v) is 15.9. The van der Waals surface area contributed by atoms with E-state index in [0.717, 1.165) is 31.2 Å². The third-order valence-electron chi connectivity index (χ3n) is 4.88. The van der Waals surface area contributed by atoms with Crippen molar-refractivity contribution in [3.05, 3.63) is 35.5 Å². The van der Waals surface area contributed by atoms with E-state index >= 15 is 0 Å². The minimum atomic E-state index is -4.68. The molecular weight excluding hydrogens is 391 g/mol. The summed E-state index contributed by atoms with van der Waals surface area (Å²) in [6, 6.07) is 6.06. The van der Waals surface area contributed by atoms with E-state index in [1.807, 2.05) is 0 Å². The lowest BCUT2D eigenvalue weighted by molar-refractivity contribution is -0.274. The zero-order chi connectivity index (χ0) is 20.9. The standard InChI is InChI=1S/C19H22F3N3O4/c1-2-27-18(26)16-17(24-25-23-16)28-11-12-3-5-13(6-4-12)14-7-9-15(10-8-14)29-19(20,21)22/h7-10,12-13H,2-6,11H2,1H3,(H,23,24,25). The Morgan fingerprint density at radius 3 is 2.48 bits per heavy atom. The van der Waals surface area contributed by atoms with Crippen LogP contribution in [-0.2, 0) is 4.74 Å². The molecule has 1 fully saturated rings. The van der Waals surface area contributed by atoms with Crippen LogP contribution in [0.3, 0.4) is 0 Å². The number of carbonyl (C=O) groups excluding carboxylic acids is 1. The van der Waals surface area contributed by atoms with Crippen LogP contribution in [0.5, 0.6) is 11.6 Å². The average Bonchev–Trinajstić information content (AvgIpc) is 3.15. The summed E-state index contributed by atoms with van der Waals surface area (Å²) < 4.78 is 51.2. The van der Waals surface area contributed by atoms with Crippen molar-refractivity contribution in [2.24, 2.45) is 5.92 Å². The van der Waals surface area contributed by atoms with Crippen LogP contribution >= 0.6 is 0 Å². The summed E-state index contributed by atoms with van der Waals surface area (Å²) in [7, 11) is 0. The van der Waals surface area contributed by atoms with Crippen LogP contribution in [0.25, 0.3) is 0 Å². The molecule has 3 rings (SSSR count). The highest BCUT2D eigenvalue weighted by molar-refractivity contribution is 5.89. The van der Waals surface area contributed by atoms with Crippen molar-refractivity contribution in [2.75, 3.05) is 13.2 Å². The number of ether oxygens (including phenoxy) is 3. The zero-order valence-electron chi connectivity index (χ0n) is 15.9. The Labute approximate surface area is 165 Å². The summed E-state index contributed by atoms with van der Waals surface area (Å²) in [5, 5.41) is 9.85. The maximum atomic E-state index is 12.3. The molecule has 0 spiro atoms. The molecule has 0 atom stereocenters. The first-order chi connectivity index (χ1) is 13.9. The topological polar surface area (TPSA) is 86.3 Å². The molecule has 1 aromatic carbocycles. The molecule has 0 aliphatic heterocycles. The van der Waals surface area contributed by atoms with E-state index in [4.69, 9.17) is 9.47 Å². The molecule has 1 heterocycles. The third kappa shape index (κ3) is 5.85. The van der Waals surface area contributed by atoms with Crippen LogP contribution in [0, 0.1) is 5.92 Å². The molecular formula is C19H22F3N3O4. The van der Waals surface area contributed by atoms with E-state index in [9.17, 15) is 18.0 Å². The lowest BCUT2D eigenvalue weighted by atomic mass is 9.79. The van der Waals surface area contributed by atoms with Gasteiger partial charge in [0.2, 0.25) is 5.69 Å². The number of aromatic nitrogens is 3. The maximum Gasteiger partial charge on any atom is 0.573 e. The van der Waals surface area contributed by atoms with Gasteiger partial charge in [0.1, 0.15) is 5.75 Å². The number of H-pyrrole nitrogens is 1. The number of nitrogens with one attached hydrogen (secondary N) is 1. The number of esters is 1. The molecule has 0 unspecified atom stereocenters. The van der Waals surface area contributed by atoms with Gasteiger partial charge in [-0.1, -0.05) is 22.4 Å². The number of alkyl halides is 3. The van der Waals surface area contributed by atoms with Gasteiger partial charge in [0, 0.05) is 0 Å². The van der Waals surface area contributed by atoms with Gasteiger partial charge >= 0.3 is 12.3 Å². The van der Waals surface area contributed by atoms with Gasteiger partial charge in [-0.15, -0.1) is 13.2 Å². The fourth-order valence-corrected chi connectivity index (χ4v) is 3.46. The molecule has 1 aliphatic carbocycles. The first-order valence-corrected chi connectivity index (χ1v) is 9.42. The fraction of sp³-hybridized carbons (Fsp3) is 0.526. The van der Waals surface area contributed by atoms with E-state index in [0.29, 0.717) is 12.5 Å². The second-order valence-electron chi connectivity index (χ2n) is 6.86. The molecule has 158 valence electrons. The van der Waals surface area contributed by atoms with Gasteiger partial charge in [-0.25, -0.2) is 9.89 Å². The number of carbonyl (C=O) groups is 1. The van der Waals surface area contributed by atoms with E-state index in [-0.39, 0.29) is 29.8 Å². The minimum Gasteiger partial charge on any atom is -0.475 e. The molecule has 2 aromatic rings. The lowest BCUT2D eigenvalue weighted by Crippen LogP contribution is -2.20. The third-order valence-corrected chi connectivity index (χ3v) is 4.88. The molecule has 0 radical (unpaired) electrons. The number of hydrogen-bond acceptors (Lipinski definition) is 6. The first-order valence-electron chi connectivity index (χ1n) is 9.42. The Morgan fingerprint density at radius 2 is 1.86 bits per heavy atom. The quantitative estimate of drug-likeness (QED) is 0.684. The van der Waals surface area contributed by atoms with Crippen molar-refractivity contribution in [3.63, 3.8) is 0 Å². The van der Waals surface area contributed by atoms with Gasteiger partial charge in [0.15, 0.2) is 0 Å². The van der Waals surface area contributed by atoms with Crippen LogP contribution in [0.1, 0.15) is 54.6 Å². The van der Waals surface area contributed by atoms with Crippen molar-refractivity contribution in [2.45, 2.75) is 44.9 Å². The molecule has 0 bridgehead atoms. The minimum absolute atomic E-state index is 0.0988. The summed E-state index contributed by atoms with van der Waals surface area (Å²) in [6.45, 7) is 2.35. The molecule has 1 aromatic heterocycles. The van der Waals surface area contributed by atoms with Crippen molar-refractivity contribution in [1.29, 1.82) is 0 Å². The highest BCUT2D eigenvalue weighted by Crippen LogP contribution is 2.37. The smallest absolute Gasteiger partial charge is 0.475 e. The Morgan fingerprint density at radius 1 is 1.17 bits per heavy atom. The Hall–Kier alpha value is -2.78. The van der Waals surface area contributed by atoms with Crippen LogP contribution < -0.4 is 9.47 Å². The SMILES string of the molecule is CCOC(=O)c1[nH]nnc1OCC1CCC(c2ccc(OC(F)(F)F)cc2)CC1. The lowest BCUT2D eigenvalue weighted by Gasteiger charge is -2.28. The maximum absolute atomic E-state index is 12.3. The van der Waals surface area contributed by atoms with Gasteiger partial charge < -0.3 is 14.2 Å². The van der Waals surface area contributed by atoms with Gasteiger partial charge in [-0.05, 0) is 62.1 Å². The second-order valence-corrected chi connectivity index (χ2v) is 6.86. The first kappa shape index (κ1) is 20.9.